The monoisotopic (exact) mass is 358 g/mol. The fourth-order valence-electron chi connectivity index (χ4n) is 2.52. The second kappa shape index (κ2) is 6.07. The molecule has 1 unspecified atom stereocenters. The molecule has 0 radical (unpaired) electrons. The molecule has 0 aliphatic carbocycles. The highest BCUT2D eigenvalue weighted by Crippen LogP contribution is 2.26. The highest BCUT2D eigenvalue weighted by atomic mass is 35.5. The molecule has 23 heavy (non-hydrogen) atoms. The first-order valence-corrected chi connectivity index (χ1v) is 8.70. The van der Waals surface area contributed by atoms with Crippen LogP contribution in [0.25, 0.3) is 0 Å². The Kier molecular flexibility index (Phi) is 4.27. The lowest BCUT2D eigenvalue weighted by Crippen LogP contribution is -2.43. The molecular formula is C15H13ClF2N2O2S. The van der Waals surface area contributed by atoms with Gasteiger partial charge in [-0.2, -0.15) is 0 Å². The van der Waals surface area contributed by atoms with E-state index in [2.05, 4.69) is 10.0 Å². The number of nitrogens with one attached hydrogen (secondary N) is 2. The first kappa shape index (κ1) is 16.2. The third kappa shape index (κ3) is 3.63. The summed E-state index contributed by atoms with van der Waals surface area (Å²) < 4.78 is 53.4. The third-order valence-electron chi connectivity index (χ3n) is 3.55. The van der Waals surface area contributed by atoms with Gasteiger partial charge in [0, 0.05) is 29.4 Å². The van der Waals surface area contributed by atoms with Crippen molar-refractivity contribution in [2.24, 2.45) is 0 Å². The van der Waals surface area contributed by atoms with Crippen molar-refractivity contribution in [3.8, 4) is 0 Å². The minimum absolute atomic E-state index is 0.352. The Morgan fingerprint density at radius 3 is 2.52 bits per heavy atom. The Morgan fingerprint density at radius 1 is 1.13 bits per heavy atom. The Balaban J connectivity index is 1.80. The Labute approximate surface area is 137 Å². The number of benzene rings is 2. The van der Waals surface area contributed by atoms with Gasteiger partial charge in [-0.25, -0.2) is 21.9 Å². The maximum absolute atomic E-state index is 13.2. The zero-order valence-corrected chi connectivity index (χ0v) is 13.4. The SMILES string of the molecule is O=S(=O)(NC1CNc2cc(Cl)ccc2C1)c1cc(F)cc(F)c1. The fourth-order valence-corrected chi connectivity index (χ4v) is 3.97. The number of rotatable bonds is 3. The van der Waals surface area contributed by atoms with Gasteiger partial charge in [0.2, 0.25) is 10.0 Å². The van der Waals surface area contributed by atoms with Gasteiger partial charge in [-0.3, -0.25) is 0 Å². The van der Waals surface area contributed by atoms with Crippen LogP contribution in [-0.2, 0) is 16.4 Å². The van der Waals surface area contributed by atoms with Crippen molar-refractivity contribution in [3.05, 3.63) is 58.6 Å². The zero-order valence-electron chi connectivity index (χ0n) is 11.8. The highest BCUT2D eigenvalue weighted by Gasteiger charge is 2.25. The molecule has 0 saturated carbocycles. The molecule has 0 amide bonds. The van der Waals surface area contributed by atoms with Crippen molar-refractivity contribution in [1.82, 2.24) is 4.72 Å². The van der Waals surface area contributed by atoms with E-state index in [1.807, 2.05) is 6.07 Å². The Hall–Kier alpha value is -1.70. The molecule has 0 saturated heterocycles. The molecule has 0 bridgehead atoms. The summed E-state index contributed by atoms with van der Waals surface area (Å²) in [5, 5.41) is 3.68. The highest BCUT2D eigenvalue weighted by molar-refractivity contribution is 7.89. The average Bonchev–Trinajstić information content (AvgIpc) is 2.46. The first-order valence-electron chi connectivity index (χ1n) is 6.84. The molecule has 3 rings (SSSR count). The van der Waals surface area contributed by atoms with Gasteiger partial charge in [0.05, 0.1) is 4.90 Å². The number of halogens is 3. The molecule has 2 N–H and O–H groups in total. The summed E-state index contributed by atoms with van der Waals surface area (Å²) in [6, 6.07) is 7.07. The molecule has 1 heterocycles. The van der Waals surface area contributed by atoms with Crippen molar-refractivity contribution in [1.29, 1.82) is 0 Å². The predicted octanol–water partition coefficient (Wildman–Crippen LogP) is 2.93. The summed E-state index contributed by atoms with van der Waals surface area (Å²) in [5.74, 6) is -1.88. The van der Waals surface area contributed by atoms with Crippen molar-refractivity contribution in [2.75, 3.05) is 11.9 Å². The van der Waals surface area contributed by atoms with Crippen molar-refractivity contribution >= 4 is 27.3 Å². The summed E-state index contributed by atoms with van der Waals surface area (Å²) in [6.45, 7) is 0.352. The second-order valence-corrected chi connectivity index (χ2v) is 7.46. The molecule has 4 nitrogen and oxygen atoms in total. The van der Waals surface area contributed by atoms with Gasteiger partial charge in [-0.15, -0.1) is 0 Å². The normalized spacial score (nSPS) is 17.4. The van der Waals surface area contributed by atoms with Gasteiger partial charge in [-0.1, -0.05) is 17.7 Å². The molecular weight excluding hydrogens is 346 g/mol. The van der Waals surface area contributed by atoms with Crippen LogP contribution in [0.5, 0.6) is 0 Å². The van der Waals surface area contributed by atoms with Crippen LogP contribution in [0, 0.1) is 11.6 Å². The maximum atomic E-state index is 13.2. The zero-order chi connectivity index (χ0) is 16.6. The van der Waals surface area contributed by atoms with Crippen LogP contribution < -0.4 is 10.0 Å². The van der Waals surface area contributed by atoms with Crippen molar-refractivity contribution in [2.45, 2.75) is 17.4 Å². The van der Waals surface area contributed by atoms with E-state index in [1.54, 1.807) is 12.1 Å². The van der Waals surface area contributed by atoms with E-state index in [4.69, 9.17) is 11.6 Å². The van der Waals surface area contributed by atoms with Crippen LogP contribution in [-0.4, -0.2) is 21.0 Å². The molecule has 2 aromatic rings. The van der Waals surface area contributed by atoms with E-state index in [-0.39, 0.29) is 0 Å². The summed E-state index contributed by atoms with van der Waals surface area (Å²) in [4.78, 5) is -0.433. The molecule has 0 fully saturated rings. The molecule has 1 aliphatic rings. The average molecular weight is 359 g/mol. The van der Waals surface area contributed by atoms with Crippen LogP contribution >= 0.6 is 11.6 Å². The van der Waals surface area contributed by atoms with E-state index in [9.17, 15) is 17.2 Å². The minimum Gasteiger partial charge on any atom is -0.383 e. The molecule has 2 aromatic carbocycles. The van der Waals surface area contributed by atoms with Gasteiger partial charge in [-0.05, 0) is 36.2 Å². The van der Waals surface area contributed by atoms with E-state index < -0.39 is 32.6 Å². The van der Waals surface area contributed by atoms with Crippen LogP contribution in [0.2, 0.25) is 5.02 Å². The molecule has 1 aliphatic heterocycles. The Bertz CT molecular complexity index is 838. The fraction of sp³-hybridized carbons (Fsp3) is 0.200. The molecule has 122 valence electrons. The largest absolute Gasteiger partial charge is 0.383 e. The number of hydrogen-bond acceptors (Lipinski definition) is 3. The first-order chi connectivity index (χ1) is 10.8. The quantitative estimate of drug-likeness (QED) is 0.887. The third-order valence-corrected chi connectivity index (χ3v) is 5.28. The number of hydrogen-bond donors (Lipinski definition) is 2. The van der Waals surface area contributed by atoms with Crippen LogP contribution in [0.15, 0.2) is 41.3 Å². The van der Waals surface area contributed by atoms with Crippen LogP contribution in [0.3, 0.4) is 0 Å². The van der Waals surface area contributed by atoms with Gasteiger partial charge in [0.15, 0.2) is 0 Å². The summed E-state index contributed by atoms with van der Waals surface area (Å²) in [5.41, 5.74) is 1.77. The Morgan fingerprint density at radius 2 is 1.83 bits per heavy atom. The number of anilines is 1. The molecule has 1 atom stereocenters. The van der Waals surface area contributed by atoms with E-state index in [0.717, 1.165) is 23.4 Å². The summed E-state index contributed by atoms with van der Waals surface area (Å²) >= 11 is 5.91. The summed E-state index contributed by atoms with van der Waals surface area (Å²) in [6.07, 6.45) is 0.455. The smallest absolute Gasteiger partial charge is 0.241 e. The van der Waals surface area contributed by atoms with E-state index in [1.165, 1.54) is 0 Å². The summed E-state index contributed by atoms with van der Waals surface area (Å²) in [7, 11) is -4.01. The number of sulfonamides is 1. The van der Waals surface area contributed by atoms with Gasteiger partial charge >= 0.3 is 0 Å². The lowest BCUT2D eigenvalue weighted by molar-refractivity contribution is 0.541. The van der Waals surface area contributed by atoms with Crippen molar-refractivity contribution < 1.29 is 17.2 Å². The van der Waals surface area contributed by atoms with E-state index >= 15 is 0 Å². The topological polar surface area (TPSA) is 58.2 Å². The lowest BCUT2D eigenvalue weighted by Gasteiger charge is -2.27. The van der Waals surface area contributed by atoms with Crippen LogP contribution in [0.1, 0.15) is 5.56 Å². The van der Waals surface area contributed by atoms with Crippen molar-refractivity contribution in [3.63, 3.8) is 0 Å². The molecule has 0 aromatic heterocycles. The predicted molar refractivity (Wildman–Crippen MR) is 84.1 cm³/mol. The minimum atomic E-state index is -4.01. The lowest BCUT2D eigenvalue weighted by atomic mass is 10.0. The standard InChI is InChI=1S/C15H13ClF2N2O2S/c16-10-2-1-9-3-13(8-19-15(9)4-10)20-23(21,22)14-6-11(17)5-12(18)7-14/h1-2,4-7,13,19-20H,3,8H2. The van der Waals surface area contributed by atoms with Gasteiger partial charge < -0.3 is 5.32 Å². The molecule has 8 heteroatoms. The number of fused-ring (bicyclic) bond motifs is 1. The van der Waals surface area contributed by atoms with Gasteiger partial charge in [0.25, 0.3) is 0 Å². The molecule has 0 spiro atoms. The second-order valence-electron chi connectivity index (χ2n) is 5.31. The maximum Gasteiger partial charge on any atom is 0.241 e. The van der Waals surface area contributed by atoms with Gasteiger partial charge in [0.1, 0.15) is 11.6 Å². The van der Waals surface area contributed by atoms with E-state index in [0.29, 0.717) is 24.1 Å². The van der Waals surface area contributed by atoms with Crippen LogP contribution in [0.4, 0.5) is 14.5 Å².